The molecule has 0 spiro atoms. The molecule has 170 valence electrons. The summed E-state index contributed by atoms with van der Waals surface area (Å²) in [5.41, 5.74) is 3.93. The number of carbonyl (C=O) groups is 2. The van der Waals surface area contributed by atoms with Crippen molar-refractivity contribution in [2.24, 2.45) is 0 Å². The van der Waals surface area contributed by atoms with Gasteiger partial charge in [-0.15, -0.1) is 0 Å². The lowest BCUT2D eigenvalue weighted by Gasteiger charge is -2.08. The first-order valence-corrected chi connectivity index (χ1v) is 11.5. The molecule has 6 nitrogen and oxygen atoms in total. The average Bonchev–Trinajstić information content (AvgIpc) is 3.56. The molecule has 2 N–H and O–H groups in total. The van der Waals surface area contributed by atoms with Gasteiger partial charge in [0.05, 0.1) is 12.1 Å². The highest BCUT2D eigenvalue weighted by atomic mass is 35.5. The summed E-state index contributed by atoms with van der Waals surface area (Å²) in [6.45, 7) is 0.533. The van der Waals surface area contributed by atoms with E-state index in [1.165, 1.54) is 0 Å². The first-order chi connectivity index (χ1) is 16.5. The van der Waals surface area contributed by atoms with Crippen molar-refractivity contribution in [3.8, 4) is 11.3 Å². The first kappa shape index (κ1) is 21.9. The maximum absolute atomic E-state index is 13.3. The molecule has 1 aliphatic rings. The van der Waals surface area contributed by atoms with E-state index in [0.29, 0.717) is 34.1 Å². The zero-order valence-corrected chi connectivity index (χ0v) is 19.1. The first-order valence-electron chi connectivity index (χ1n) is 11.1. The zero-order valence-electron chi connectivity index (χ0n) is 18.4. The fraction of sp³-hybridized carbons (Fsp3) is 0.148. The number of benzene rings is 3. The summed E-state index contributed by atoms with van der Waals surface area (Å²) in [5, 5.41) is 11.2. The minimum absolute atomic E-state index is 0.129. The second-order valence-corrected chi connectivity index (χ2v) is 8.80. The van der Waals surface area contributed by atoms with E-state index in [2.05, 4.69) is 10.6 Å². The highest BCUT2D eigenvalue weighted by Crippen LogP contribution is 2.26. The molecule has 1 fully saturated rings. The van der Waals surface area contributed by atoms with Crippen LogP contribution in [0.4, 0.5) is 5.69 Å². The van der Waals surface area contributed by atoms with Gasteiger partial charge in [0.15, 0.2) is 0 Å². The van der Waals surface area contributed by atoms with Gasteiger partial charge < -0.3 is 10.6 Å². The van der Waals surface area contributed by atoms with Gasteiger partial charge in [-0.1, -0.05) is 60.1 Å². The molecular weight excluding hydrogens is 448 g/mol. The Balaban J connectivity index is 1.42. The maximum Gasteiger partial charge on any atom is 0.259 e. The molecule has 2 amide bonds. The SMILES string of the molecule is O=C(NC1CC1)c1cccc(NC(=O)c2cn(Cc3ccccc3)nc2-c2ccc(Cl)cc2)c1. The normalized spacial score (nSPS) is 12.9. The molecule has 1 aromatic heterocycles. The lowest BCUT2D eigenvalue weighted by atomic mass is 10.1. The molecule has 5 rings (SSSR count). The highest BCUT2D eigenvalue weighted by molar-refractivity contribution is 6.30. The quantitative estimate of drug-likeness (QED) is 0.380. The van der Waals surface area contributed by atoms with E-state index in [4.69, 9.17) is 16.7 Å². The third-order valence-electron chi connectivity index (χ3n) is 5.61. The fourth-order valence-electron chi connectivity index (χ4n) is 3.69. The average molecular weight is 471 g/mol. The Morgan fingerprint density at radius 1 is 0.941 bits per heavy atom. The van der Waals surface area contributed by atoms with E-state index >= 15 is 0 Å². The highest BCUT2D eigenvalue weighted by Gasteiger charge is 2.24. The van der Waals surface area contributed by atoms with Crippen molar-refractivity contribution in [2.75, 3.05) is 5.32 Å². The minimum atomic E-state index is -0.302. The standard InChI is InChI=1S/C27H23ClN4O2/c28-21-11-9-19(10-12-21)25-24(17-32(31-25)16-18-5-2-1-3-6-18)27(34)30-23-8-4-7-20(15-23)26(33)29-22-13-14-22/h1-12,15,17,22H,13-14,16H2,(H,29,33)(H,30,34). The van der Waals surface area contributed by atoms with Crippen LogP contribution < -0.4 is 10.6 Å². The predicted octanol–water partition coefficient (Wildman–Crippen LogP) is 5.40. The number of halogens is 1. The number of aromatic nitrogens is 2. The van der Waals surface area contributed by atoms with Crippen LogP contribution in [0.2, 0.25) is 5.02 Å². The van der Waals surface area contributed by atoms with E-state index in [0.717, 1.165) is 24.0 Å². The van der Waals surface area contributed by atoms with Gasteiger partial charge in [0.2, 0.25) is 0 Å². The predicted molar refractivity (Wildman–Crippen MR) is 133 cm³/mol. The van der Waals surface area contributed by atoms with E-state index in [1.54, 1.807) is 47.3 Å². The van der Waals surface area contributed by atoms with Crippen LogP contribution in [0.3, 0.4) is 0 Å². The number of nitrogens with one attached hydrogen (secondary N) is 2. The summed E-state index contributed by atoms with van der Waals surface area (Å²) in [6, 6.07) is 24.4. The number of anilines is 1. The van der Waals surface area contributed by atoms with Crippen LogP contribution >= 0.6 is 11.6 Å². The molecule has 1 heterocycles. The molecule has 3 aromatic carbocycles. The van der Waals surface area contributed by atoms with Gasteiger partial charge in [-0.2, -0.15) is 5.10 Å². The topological polar surface area (TPSA) is 76.0 Å². The van der Waals surface area contributed by atoms with Crippen LogP contribution in [0.25, 0.3) is 11.3 Å². The van der Waals surface area contributed by atoms with Gasteiger partial charge in [-0.05, 0) is 48.7 Å². The van der Waals surface area contributed by atoms with Crippen molar-refractivity contribution in [3.63, 3.8) is 0 Å². The van der Waals surface area contributed by atoms with Gasteiger partial charge in [0.25, 0.3) is 11.8 Å². The number of carbonyl (C=O) groups excluding carboxylic acids is 2. The summed E-state index contributed by atoms with van der Waals surface area (Å²) in [7, 11) is 0. The molecule has 0 saturated heterocycles. The van der Waals surface area contributed by atoms with Crippen LogP contribution in [-0.2, 0) is 6.54 Å². The summed E-state index contributed by atoms with van der Waals surface area (Å²) in [6.07, 6.45) is 3.78. The Bertz CT molecular complexity index is 1330. The molecule has 1 saturated carbocycles. The maximum atomic E-state index is 13.3. The van der Waals surface area contributed by atoms with Crippen LogP contribution in [0.1, 0.15) is 39.1 Å². The Hall–Kier alpha value is -3.90. The molecule has 4 aromatic rings. The summed E-state index contributed by atoms with van der Waals surface area (Å²) in [4.78, 5) is 25.7. The van der Waals surface area contributed by atoms with E-state index in [-0.39, 0.29) is 17.9 Å². The smallest absolute Gasteiger partial charge is 0.259 e. The molecule has 0 aliphatic heterocycles. The monoisotopic (exact) mass is 470 g/mol. The number of nitrogens with zero attached hydrogens (tertiary/aromatic N) is 2. The lowest BCUT2D eigenvalue weighted by molar-refractivity contribution is 0.0949. The van der Waals surface area contributed by atoms with Gasteiger partial charge in [0, 0.05) is 34.1 Å². The van der Waals surface area contributed by atoms with Gasteiger partial charge in [-0.25, -0.2) is 0 Å². The van der Waals surface area contributed by atoms with Crippen LogP contribution in [-0.4, -0.2) is 27.6 Å². The number of hydrogen-bond acceptors (Lipinski definition) is 3. The largest absolute Gasteiger partial charge is 0.349 e. The van der Waals surface area contributed by atoms with Crippen molar-refractivity contribution < 1.29 is 9.59 Å². The molecule has 0 bridgehead atoms. The van der Waals surface area contributed by atoms with Crippen LogP contribution in [0.5, 0.6) is 0 Å². The fourth-order valence-corrected chi connectivity index (χ4v) is 3.82. The number of amides is 2. The molecule has 0 unspecified atom stereocenters. The molecule has 1 aliphatic carbocycles. The van der Waals surface area contributed by atoms with E-state index in [1.807, 2.05) is 42.5 Å². The number of hydrogen-bond donors (Lipinski definition) is 2. The second kappa shape index (κ2) is 9.53. The van der Waals surface area contributed by atoms with Crippen LogP contribution in [0, 0.1) is 0 Å². The van der Waals surface area contributed by atoms with E-state index < -0.39 is 0 Å². The van der Waals surface area contributed by atoms with Crippen molar-refractivity contribution in [2.45, 2.75) is 25.4 Å². The zero-order chi connectivity index (χ0) is 23.5. The molecule has 0 radical (unpaired) electrons. The third-order valence-corrected chi connectivity index (χ3v) is 5.86. The van der Waals surface area contributed by atoms with Gasteiger partial charge >= 0.3 is 0 Å². The van der Waals surface area contributed by atoms with Crippen molar-refractivity contribution in [1.82, 2.24) is 15.1 Å². The minimum Gasteiger partial charge on any atom is -0.349 e. The second-order valence-electron chi connectivity index (χ2n) is 8.36. The van der Waals surface area contributed by atoms with Gasteiger partial charge in [0.1, 0.15) is 5.69 Å². The summed E-state index contributed by atoms with van der Waals surface area (Å²) >= 11 is 6.06. The lowest BCUT2D eigenvalue weighted by Crippen LogP contribution is -2.25. The van der Waals surface area contributed by atoms with Crippen molar-refractivity contribution in [3.05, 3.63) is 107 Å². The van der Waals surface area contributed by atoms with Crippen molar-refractivity contribution >= 4 is 29.1 Å². The summed E-state index contributed by atoms with van der Waals surface area (Å²) < 4.78 is 1.76. The van der Waals surface area contributed by atoms with Crippen molar-refractivity contribution in [1.29, 1.82) is 0 Å². The van der Waals surface area contributed by atoms with Gasteiger partial charge in [-0.3, -0.25) is 14.3 Å². The molecule has 34 heavy (non-hydrogen) atoms. The Labute approximate surface area is 202 Å². The molecular formula is C27H23ClN4O2. The molecule has 7 heteroatoms. The Morgan fingerprint density at radius 3 is 2.44 bits per heavy atom. The Morgan fingerprint density at radius 2 is 1.71 bits per heavy atom. The third kappa shape index (κ3) is 5.18. The summed E-state index contributed by atoms with van der Waals surface area (Å²) in [5.74, 6) is -0.430. The Kier molecular flexibility index (Phi) is 6.14. The molecule has 0 atom stereocenters. The number of rotatable bonds is 7. The van der Waals surface area contributed by atoms with Crippen LogP contribution in [0.15, 0.2) is 85.1 Å². The van der Waals surface area contributed by atoms with E-state index in [9.17, 15) is 9.59 Å².